The first kappa shape index (κ1) is 18.3. The monoisotopic (exact) mass is 314 g/mol. The Hall–Kier alpha value is -1.76. The number of rotatable bonds is 7. The van der Waals surface area contributed by atoms with Gasteiger partial charge in [-0.1, -0.05) is 0 Å². The van der Waals surface area contributed by atoms with Gasteiger partial charge < -0.3 is 14.2 Å². The third-order valence-electron chi connectivity index (χ3n) is 4.29. The topological polar surface area (TPSA) is 96.0 Å². The molecule has 0 amide bonds. The molecule has 0 aromatic heterocycles. The molecule has 1 aliphatic carbocycles. The molecular formula is C15H22O7. The van der Waals surface area contributed by atoms with Crippen LogP contribution in [0.2, 0.25) is 0 Å². The molecule has 7 nitrogen and oxygen atoms in total. The highest BCUT2D eigenvalue weighted by Gasteiger charge is 2.59. The number of hydrogen-bond acceptors (Lipinski definition) is 7. The van der Waals surface area contributed by atoms with Crippen LogP contribution < -0.4 is 0 Å². The molecule has 22 heavy (non-hydrogen) atoms. The zero-order valence-corrected chi connectivity index (χ0v) is 13.3. The Bertz CT molecular complexity index is 459. The second-order valence-electron chi connectivity index (χ2n) is 5.46. The van der Waals surface area contributed by atoms with Gasteiger partial charge in [0.25, 0.3) is 0 Å². The molecule has 0 bridgehead atoms. The smallest absolute Gasteiger partial charge is 0.319 e. The fourth-order valence-corrected chi connectivity index (χ4v) is 3.21. The molecule has 0 unspecified atom stereocenters. The van der Waals surface area contributed by atoms with Crippen molar-refractivity contribution in [2.24, 2.45) is 11.3 Å². The van der Waals surface area contributed by atoms with E-state index >= 15 is 0 Å². The van der Waals surface area contributed by atoms with Gasteiger partial charge in [0.15, 0.2) is 18.2 Å². The predicted molar refractivity (Wildman–Crippen MR) is 74.9 cm³/mol. The SMILES string of the molecule is COC(=O)[C@]1(C[C@H](C=O)OC(C)=O)C(=O)CC[C@@H]1[C@@H](C)OC. The number of ether oxygens (including phenoxy) is 3. The van der Waals surface area contributed by atoms with Gasteiger partial charge in [-0.3, -0.25) is 19.2 Å². The highest BCUT2D eigenvalue weighted by atomic mass is 16.5. The summed E-state index contributed by atoms with van der Waals surface area (Å²) in [6, 6.07) is 0. The normalized spacial score (nSPS) is 27.1. The minimum atomic E-state index is -1.52. The van der Waals surface area contributed by atoms with Crippen molar-refractivity contribution in [1.82, 2.24) is 0 Å². The Morgan fingerprint density at radius 1 is 1.41 bits per heavy atom. The van der Waals surface area contributed by atoms with Crippen LogP contribution >= 0.6 is 0 Å². The first-order chi connectivity index (χ1) is 10.3. The molecule has 124 valence electrons. The summed E-state index contributed by atoms with van der Waals surface area (Å²) in [7, 11) is 2.67. The molecule has 1 aliphatic rings. The molecule has 0 saturated heterocycles. The van der Waals surface area contributed by atoms with E-state index in [1.807, 2.05) is 0 Å². The van der Waals surface area contributed by atoms with Crippen LogP contribution in [-0.4, -0.2) is 50.4 Å². The number of methoxy groups -OCH3 is 2. The molecule has 7 heteroatoms. The summed E-state index contributed by atoms with van der Waals surface area (Å²) in [5.41, 5.74) is -1.52. The lowest BCUT2D eigenvalue weighted by atomic mass is 9.71. The van der Waals surface area contributed by atoms with E-state index in [9.17, 15) is 19.2 Å². The number of carbonyl (C=O) groups excluding carboxylic acids is 4. The number of carbonyl (C=O) groups is 4. The Morgan fingerprint density at radius 2 is 2.05 bits per heavy atom. The van der Waals surface area contributed by atoms with E-state index in [1.165, 1.54) is 14.2 Å². The lowest BCUT2D eigenvalue weighted by molar-refractivity contribution is -0.169. The van der Waals surface area contributed by atoms with Gasteiger partial charge in [0, 0.05) is 32.8 Å². The fraction of sp³-hybridized carbons (Fsp3) is 0.733. The summed E-state index contributed by atoms with van der Waals surface area (Å²) < 4.78 is 15.0. The average Bonchev–Trinajstić information content (AvgIpc) is 2.82. The van der Waals surface area contributed by atoms with Crippen molar-refractivity contribution < 1.29 is 33.4 Å². The van der Waals surface area contributed by atoms with Crippen LogP contribution in [0.1, 0.15) is 33.1 Å². The third-order valence-corrected chi connectivity index (χ3v) is 4.29. The van der Waals surface area contributed by atoms with Crippen molar-refractivity contribution >= 4 is 24.0 Å². The fourth-order valence-electron chi connectivity index (χ4n) is 3.21. The minimum Gasteiger partial charge on any atom is -0.468 e. The number of Topliss-reactive ketones (excluding diaryl/α,β-unsaturated/α-hetero) is 1. The van der Waals surface area contributed by atoms with Gasteiger partial charge in [0.05, 0.1) is 13.2 Å². The molecule has 1 fully saturated rings. The van der Waals surface area contributed by atoms with Crippen LogP contribution in [0.5, 0.6) is 0 Å². The summed E-state index contributed by atoms with van der Waals surface area (Å²) in [5.74, 6) is -2.12. The molecule has 0 aromatic rings. The Morgan fingerprint density at radius 3 is 2.50 bits per heavy atom. The summed E-state index contributed by atoms with van der Waals surface area (Å²) in [6.45, 7) is 2.91. The Labute approximate surface area is 129 Å². The summed E-state index contributed by atoms with van der Waals surface area (Å²) in [6.07, 6.45) is -0.708. The van der Waals surface area contributed by atoms with E-state index in [-0.39, 0.29) is 24.7 Å². The lowest BCUT2D eigenvalue weighted by Crippen LogP contribution is -2.48. The van der Waals surface area contributed by atoms with E-state index < -0.39 is 29.4 Å². The maximum Gasteiger partial charge on any atom is 0.319 e. The number of esters is 2. The molecule has 0 aliphatic heterocycles. The molecule has 0 heterocycles. The minimum absolute atomic E-state index is 0.194. The number of ketones is 1. The van der Waals surface area contributed by atoms with Crippen molar-refractivity contribution in [2.75, 3.05) is 14.2 Å². The Balaban J connectivity index is 3.22. The second kappa shape index (κ2) is 7.49. The molecule has 1 rings (SSSR count). The van der Waals surface area contributed by atoms with Crippen molar-refractivity contribution in [3.05, 3.63) is 0 Å². The highest BCUT2D eigenvalue weighted by molar-refractivity contribution is 6.06. The van der Waals surface area contributed by atoms with Gasteiger partial charge in [-0.2, -0.15) is 0 Å². The molecule has 4 atom stereocenters. The van der Waals surface area contributed by atoms with Crippen molar-refractivity contribution in [3.63, 3.8) is 0 Å². The largest absolute Gasteiger partial charge is 0.468 e. The second-order valence-corrected chi connectivity index (χ2v) is 5.46. The Kier molecular flexibility index (Phi) is 6.22. The molecule has 0 spiro atoms. The van der Waals surface area contributed by atoms with Crippen LogP contribution in [0.3, 0.4) is 0 Å². The quantitative estimate of drug-likeness (QED) is 0.387. The standard InChI is InChI=1S/C15H22O7/c1-9(20-3)12-5-6-13(18)15(12,14(19)21-4)7-11(8-16)22-10(2)17/h8-9,11-12H,5-7H2,1-4H3/t9-,11-,12-,15+/m1/s1. The summed E-state index contributed by atoms with van der Waals surface area (Å²) in [5, 5.41) is 0. The van der Waals surface area contributed by atoms with Crippen molar-refractivity contribution in [2.45, 2.75) is 45.3 Å². The first-order valence-corrected chi connectivity index (χ1v) is 7.10. The van der Waals surface area contributed by atoms with E-state index in [4.69, 9.17) is 14.2 Å². The predicted octanol–water partition coefficient (Wildman–Crippen LogP) is 0.680. The molecule has 0 radical (unpaired) electrons. The van der Waals surface area contributed by atoms with Crippen LogP contribution in [0, 0.1) is 11.3 Å². The third kappa shape index (κ3) is 3.35. The van der Waals surface area contributed by atoms with E-state index in [1.54, 1.807) is 6.92 Å². The zero-order valence-electron chi connectivity index (χ0n) is 13.3. The lowest BCUT2D eigenvalue weighted by Gasteiger charge is -2.35. The summed E-state index contributed by atoms with van der Waals surface area (Å²) >= 11 is 0. The van der Waals surface area contributed by atoms with E-state index in [0.29, 0.717) is 12.7 Å². The molecular weight excluding hydrogens is 292 g/mol. The molecule has 0 N–H and O–H groups in total. The van der Waals surface area contributed by atoms with E-state index in [2.05, 4.69) is 0 Å². The van der Waals surface area contributed by atoms with Crippen molar-refractivity contribution in [1.29, 1.82) is 0 Å². The molecule has 0 aromatic carbocycles. The summed E-state index contributed by atoms with van der Waals surface area (Å²) in [4.78, 5) is 47.1. The van der Waals surface area contributed by atoms with Crippen LogP contribution in [0.4, 0.5) is 0 Å². The van der Waals surface area contributed by atoms with Crippen molar-refractivity contribution in [3.8, 4) is 0 Å². The van der Waals surface area contributed by atoms with Gasteiger partial charge in [-0.05, 0) is 13.3 Å². The van der Waals surface area contributed by atoms with E-state index in [0.717, 1.165) is 6.92 Å². The van der Waals surface area contributed by atoms with Crippen LogP contribution in [0.25, 0.3) is 0 Å². The zero-order chi connectivity index (χ0) is 16.9. The van der Waals surface area contributed by atoms with Gasteiger partial charge >= 0.3 is 11.9 Å². The highest BCUT2D eigenvalue weighted by Crippen LogP contribution is 2.47. The van der Waals surface area contributed by atoms with Gasteiger partial charge in [-0.25, -0.2) is 0 Å². The van der Waals surface area contributed by atoms with Crippen LogP contribution in [-0.2, 0) is 33.4 Å². The number of hydrogen-bond donors (Lipinski definition) is 0. The maximum absolute atomic E-state index is 12.5. The first-order valence-electron chi connectivity index (χ1n) is 7.10. The average molecular weight is 314 g/mol. The van der Waals surface area contributed by atoms with Gasteiger partial charge in [0.2, 0.25) is 0 Å². The van der Waals surface area contributed by atoms with Gasteiger partial charge in [-0.15, -0.1) is 0 Å². The van der Waals surface area contributed by atoms with Gasteiger partial charge in [0.1, 0.15) is 5.41 Å². The maximum atomic E-state index is 12.5. The number of aldehydes is 1. The van der Waals surface area contributed by atoms with Crippen LogP contribution in [0.15, 0.2) is 0 Å². The molecule has 1 saturated carbocycles.